The quantitative estimate of drug-likeness (QED) is 0.670. The van der Waals surface area contributed by atoms with Crippen molar-refractivity contribution in [3.05, 3.63) is 33.3 Å². The molecule has 1 atom stereocenters. The molecule has 19 heavy (non-hydrogen) atoms. The van der Waals surface area contributed by atoms with Crippen molar-refractivity contribution in [3.63, 3.8) is 0 Å². The highest BCUT2D eigenvalue weighted by Crippen LogP contribution is 2.39. The number of hydrogen-bond acceptors (Lipinski definition) is 4. The lowest BCUT2D eigenvalue weighted by molar-refractivity contribution is -0.384. The standard InChI is InChI=1S/C13H17ClN2O3/c1-13(2)8-15(7-6-11(13)17)10-5-3-4-9(14)12(10)16(18)19/h3-5,11,17H,6-8H2,1-2H3. The molecule has 0 aromatic heterocycles. The fourth-order valence-corrected chi connectivity index (χ4v) is 2.73. The van der Waals surface area contributed by atoms with Gasteiger partial charge in [0.05, 0.1) is 11.0 Å². The molecule has 0 amide bonds. The molecule has 1 unspecified atom stereocenters. The summed E-state index contributed by atoms with van der Waals surface area (Å²) >= 11 is 5.93. The predicted molar refractivity (Wildman–Crippen MR) is 74.7 cm³/mol. The second-order valence-corrected chi connectivity index (χ2v) is 5.99. The summed E-state index contributed by atoms with van der Waals surface area (Å²) < 4.78 is 0. The van der Waals surface area contributed by atoms with Crippen molar-refractivity contribution in [2.45, 2.75) is 26.4 Å². The van der Waals surface area contributed by atoms with E-state index in [0.29, 0.717) is 25.2 Å². The molecule has 1 aliphatic rings. The normalized spacial score (nSPS) is 22.3. The molecule has 104 valence electrons. The van der Waals surface area contributed by atoms with Gasteiger partial charge < -0.3 is 10.0 Å². The summed E-state index contributed by atoms with van der Waals surface area (Å²) in [5.41, 5.74) is 0.169. The van der Waals surface area contributed by atoms with Crippen molar-refractivity contribution in [2.24, 2.45) is 5.41 Å². The molecule has 0 saturated carbocycles. The van der Waals surface area contributed by atoms with Crippen molar-refractivity contribution in [3.8, 4) is 0 Å². The number of piperidine rings is 1. The van der Waals surface area contributed by atoms with Crippen LogP contribution in [0.25, 0.3) is 0 Å². The Kier molecular flexibility index (Phi) is 3.69. The topological polar surface area (TPSA) is 66.6 Å². The third-order valence-electron chi connectivity index (χ3n) is 3.66. The minimum Gasteiger partial charge on any atom is -0.392 e. The van der Waals surface area contributed by atoms with Crippen molar-refractivity contribution >= 4 is 23.0 Å². The smallest absolute Gasteiger partial charge is 0.310 e. The predicted octanol–water partition coefficient (Wildman–Crippen LogP) is 2.85. The molecule has 1 aliphatic heterocycles. The van der Waals surface area contributed by atoms with Gasteiger partial charge in [0.25, 0.3) is 0 Å². The molecule has 1 heterocycles. The Morgan fingerprint density at radius 1 is 1.53 bits per heavy atom. The van der Waals surface area contributed by atoms with Crippen molar-refractivity contribution < 1.29 is 10.0 Å². The first kappa shape index (κ1) is 14.1. The number of aliphatic hydroxyl groups excluding tert-OH is 1. The Bertz CT molecular complexity index is 505. The minimum absolute atomic E-state index is 0.0589. The fraction of sp³-hybridized carbons (Fsp3) is 0.538. The number of nitro benzene ring substituents is 1. The zero-order valence-corrected chi connectivity index (χ0v) is 11.7. The second kappa shape index (κ2) is 4.98. The van der Waals surface area contributed by atoms with Gasteiger partial charge in [-0.25, -0.2) is 0 Å². The van der Waals surface area contributed by atoms with Gasteiger partial charge in [0.1, 0.15) is 10.7 Å². The van der Waals surface area contributed by atoms with E-state index in [9.17, 15) is 15.2 Å². The van der Waals surface area contributed by atoms with Crippen LogP contribution in [0.5, 0.6) is 0 Å². The van der Waals surface area contributed by atoms with Gasteiger partial charge in [-0.3, -0.25) is 10.1 Å². The number of aliphatic hydroxyl groups is 1. The molecule has 0 spiro atoms. The van der Waals surface area contributed by atoms with Crippen LogP contribution in [0.2, 0.25) is 5.02 Å². The van der Waals surface area contributed by atoms with Crippen LogP contribution in [-0.4, -0.2) is 29.2 Å². The van der Waals surface area contributed by atoms with E-state index in [0.717, 1.165) is 0 Å². The van der Waals surface area contributed by atoms with E-state index in [1.165, 1.54) is 6.07 Å². The van der Waals surface area contributed by atoms with Crippen molar-refractivity contribution in [1.29, 1.82) is 0 Å². The van der Waals surface area contributed by atoms with Gasteiger partial charge in [-0.2, -0.15) is 0 Å². The zero-order chi connectivity index (χ0) is 14.2. The van der Waals surface area contributed by atoms with E-state index in [1.54, 1.807) is 12.1 Å². The summed E-state index contributed by atoms with van der Waals surface area (Å²) in [5.74, 6) is 0. The van der Waals surface area contributed by atoms with Crippen LogP contribution < -0.4 is 4.90 Å². The van der Waals surface area contributed by atoms with Crippen LogP contribution in [0.3, 0.4) is 0 Å². The number of nitro groups is 1. The third kappa shape index (κ3) is 2.67. The van der Waals surface area contributed by atoms with E-state index in [1.807, 2.05) is 18.7 Å². The van der Waals surface area contributed by atoms with Gasteiger partial charge in [-0.05, 0) is 18.6 Å². The molecule has 1 saturated heterocycles. The molecular weight excluding hydrogens is 268 g/mol. The average molecular weight is 285 g/mol. The van der Waals surface area contributed by atoms with E-state index in [-0.39, 0.29) is 22.2 Å². The summed E-state index contributed by atoms with van der Waals surface area (Å²) in [4.78, 5) is 12.6. The molecule has 1 fully saturated rings. The Hall–Kier alpha value is -1.33. The van der Waals surface area contributed by atoms with E-state index < -0.39 is 4.92 Å². The van der Waals surface area contributed by atoms with Crippen LogP contribution >= 0.6 is 11.6 Å². The molecule has 5 nitrogen and oxygen atoms in total. The molecule has 1 aromatic carbocycles. The van der Waals surface area contributed by atoms with Crippen molar-refractivity contribution in [2.75, 3.05) is 18.0 Å². The first-order valence-corrected chi connectivity index (χ1v) is 6.56. The maximum absolute atomic E-state index is 11.2. The highest BCUT2D eigenvalue weighted by molar-refractivity contribution is 6.33. The van der Waals surface area contributed by atoms with Crippen LogP contribution in [0.4, 0.5) is 11.4 Å². The minimum atomic E-state index is -0.449. The molecule has 0 bridgehead atoms. The summed E-state index contributed by atoms with van der Waals surface area (Å²) in [6, 6.07) is 4.94. The van der Waals surface area contributed by atoms with Gasteiger partial charge in [0.15, 0.2) is 0 Å². The summed E-state index contributed by atoms with van der Waals surface area (Å²) in [7, 11) is 0. The fourth-order valence-electron chi connectivity index (χ4n) is 2.49. The van der Waals surface area contributed by atoms with Gasteiger partial charge >= 0.3 is 5.69 Å². The molecule has 1 aromatic rings. The van der Waals surface area contributed by atoms with E-state index in [4.69, 9.17) is 11.6 Å². The summed E-state index contributed by atoms with van der Waals surface area (Å²) in [6.07, 6.45) is 0.207. The number of anilines is 1. The largest absolute Gasteiger partial charge is 0.392 e. The van der Waals surface area contributed by atoms with Crippen LogP contribution in [0, 0.1) is 15.5 Å². The number of hydrogen-bond donors (Lipinski definition) is 1. The van der Waals surface area contributed by atoms with Gasteiger partial charge in [-0.1, -0.05) is 31.5 Å². The first-order chi connectivity index (χ1) is 8.83. The molecule has 6 heteroatoms. The lowest BCUT2D eigenvalue weighted by Crippen LogP contribution is -2.48. The number of halogens is 1. The molecule has 1 N–H and O–H groups in total. The van der Waals surface area contributed by atoms with E-state index in [2.05, 4.69) is 0 Å². The maximum Gasteiger partial charge on any atom is 0.310 e. The molecule has 0 aliphatic carbocycles. The maximum atomic E-state index is 11.2. The SMILES string of the molecule is CC1(C)CN(c2cccc(Cl)c2[N+](=O)[O-])CCC1O. The third-order valence-corrected chi connectivity index (χ3v) is 3.97. The van der Waals surface area contributed by atoms with Gasteiger partial charge in [0, 0.05) is 18.5 Å². The van der Waals surface area contributed by atoms with Gasteiger partial charge in [-0.15, -0.1) is 0 Å². The van der Waals surface area contributed by atoms with Crippen LogP contribution in [-0.2, 0) is 0 Å². The highest BCUT2D eigenvalue weighted by atomic mass is 35.5. The number of nitrogens with zero attached hydrogens (tertiary/aromatic N) is 2. The van der Waals surface area contributed by atoms with Crippen LogP contribution in [0.1, 0.15) is 20.3 Å². The second-order valence-electron chi connectivity index (χ2n) is 5.58. The summed E-state index contributed by atoms with van der Waals surface area (Å²) in [5, 5.41) is 21.2. The first-order valence-electron chi connectivity index (χ1n) is 6.19. The van der Waals surface area contributed by atoms with E-state index >= 15 is 0 Å². The molecular formula is C13H17ClN2O3. The lowest BCUT2D eigenvalue weighted by Gasteiger charge is -2.42. The Labute approximate surface area is 116 Å². The molecule has 2 rings (SSSR count). The monoisotopic (exact) mass is 284 g/mol. The molecule has 0 radical (unpaired) electrons. The highest BCUT2D eigenvalue weighted by Gasteiger charge is 2.36. The Balaban J connectivity index is 2.38. The van der Waals surface area contributed by atoms with Crippen molar-refractivity contribution in [1.82, 2.24) is 0 Å². The number of benzene rings is 1. The average Bonchev–Trinajstić information content (AvgIpc) is 2.31. The Morgan fingerprint density at radius 3 is 2.79 bits per heavy atom. The number of para-hydroxylation sites is 1. The van der Waals surface area contributed by atoms with Crippen LogP contribution in [0.15, 0.2) is 18.2 Å². The lowest BCUT2D eigenvalue weighted by atomic mass is 9.81. The summed E-state index contributed by atoms with van der Waals surface area (Å²) in [6.45, 7) is 5.07. The zero-order valence-electron chi connectivity index (χ0n) is 11.0. The van der Waals surface area contributed by atoms with Gasteiger partial charge in [0.2, 0.25) is 0 Å². The Morgan fingerprint density at radius 2 is 2.21 bits per heavy atom. The number of rotatable bonds is 2.